The number of aromatic amines is 1. The summed E-state index contributed by atoms with van der Waals surface area (Å²) in [5, 5.41) is 8.99. The van der Waals surface area contributed by atoms with Crippen LogP contribution in [-0.4, -0.2) is 54.3 Å². The molecule has 0 aliphatic carbocycles. The van der Waals surface area contributed by atoms with Crippen LogP contribution in [0.2, 0.25) is 5.02 Å². The zero-order chi connectivity index (χ0) is 22.0. The van der Waals surface area contributed by atoms with Crippen LogP contribution >= 0.6 is 11.6 Å². The number of hydrogen-bond acceptors (Lipinski definition) is 6. The number of nitrogens with zero attached hydrogens (tertiary/aromatic N) is 2. The van der Waals surface area contributed by atoms with Gasteiger partial charge in [0.1, 0.15) is 26.3 Å². The summed E-state index contributed by atoms with van der Waals surface area (Å²) >= 11 is 5.77. The molecule has 160 valence electrons. The summed E-state index contributed by atoms with van der Waals surface area (Å²) in [6.07, 6.45) is -2.63. The lowest BCUT2D eigenvalue weighted by atomic mass is 9.99. The predicted octanol–water partition coefficient (Wildman–Crippen LogP) is 2.40. The fraction of sp³-hybridized carbons (Fsp3) is 0.438. The molecule has 0 spiro atoms. The monoisotopic (exact) mass is 454 g/mol. The maximum atomic E-state index is 12.7. The highest BCUT2D eigenvalue weighted by Crippen LogP contribution is 2.27. The molecule has 0 saturated heterocycles. The maximum Gasteiger partial charge on any atom is 0.422 e. The summed E-state index contributed by atoms with van der Waals surface area (Å²) < 4.78 is 65.5. The van der Waals surface area contributed by atoms with Gasteiger partial charge in [-0.1, -0.05) is 11.6 Å². The van der Waals surface area contributed by atoms with Crippen molar-refractivity contribution in [2.45, 2.75) is 25.6 Å². The first-order chi connectivity index (χ1) is 13.2. The third-order valence-corrected chi connectivity index (χ3v) is 5.04. The molecule has 2 aromatic heterocycles. The minimum Gasteiger partial charge on any atom is -0.482 e. The van der Waals surface area contributed by atoms with Gasteiger partial charge in [0, 0.05) is 18.0 Å². The highest BCUT2D eigenvalue weighted by atomic mass is 35.5. The fourth-order valence-electron chi connectivity index (χ4n) is 2.53. The van der Waals surface area contributed by atoms with E-state index in [1.54, 1.807) is 13.0 Å². The van der Waals surface area contributed by atoms with E-state index in [1.165, 1.54) is 6.92 Å². The second-order valence-electron chi connectivity index (χ2n) is 6.70. The molecule has 13 heteroatoms. The van der Waals surface area contributed by atoms with Crippen LogP contribution in [0.25, 0.3) is 0 Å². The third kappa shape index (κ3) is 6.60. The van der Waals surface area contributed by atoms with Crippen molar-refractivity contribution >= 4 is 27.3 Å². The van der Waals surface area contributed by atoms with Crippen LogP contribution in [0.4, 0.5) is 13.2 Å². The molecule has 29 heavy (non-hydrogen) atoms. The summed E-state index contributed by atoms with van der Waals surface area (Å²) in [4.78, 5) is 16.4. The lowest BCUT2D eigenvalue weighted by Crippen LogP contribution is -2.48. The average molecular weight is 455 g/mol. The van der Waals surface area contributed by atoms with Crippen LogP contribution in [0.3, 0.4) is 0 Å². The Morgan fingerprint density at radius 2 is 2.00 bits per heavy atom. The minimum atomic E-state index is -4.60. The summed E-state index contributed by atoms with van der Waals surface area (Å²) in [7, 11) is -3.55. The standard InChI is InChI=1S/C16H18ClF3N4O4S/c1-9-4-13(24-23-9)15(2,8-29(3,26)27)22-14(25)11-5-12(10(17)6-21-11)28-7-16(18,19)20/h4-6H,7-8H2,1-3H3,(H,22,25)(H,23,24). The molecule has 2 heterocycles. The third-order valence-electron chi connectivity index (χ3n) is 3.66. The maximum absolute atomic E-state index is 12.7. The molecular weight excluding hydrogens is 437 g/mol. The van der Waals surface area contributed by atoms with Crippen molar-refractivity contribution in [1.29, 1.82) is 0 Å². The Labute approximate surface area is 169 Å². The number of rotatable bonds is 7. The van der Waals surface area contributed by atoms with Gasteiger partial charge in [-0.15, -0.1) is 0 Å². The number of carbonyl (C=O) groups is 1. The van der Waals surface area contributed by atoms with Gasteiger partial charge in [0.15, 0.2) is 6.61 Å². The second kappa shape index (κ2) is 8.19. The number of aromatic nitrogens is 3. The van der Waals surface area contributed by atoms with Gasteiger partial charge in [-0.25, -0.2) is 13.4 Å². The van der Waals surface area contributed by atoms with E-state index in [-0.39, 0.29) is 22.2 Å². The normalized spacial score (nSPS) is 14.3. The van der Waals surface area contributed by atoms with Crippen LogP contribution < -0.4 is 10.1 Å². The quantitative estimate of drug-likeness (QED) is 0.664. The Bertz CT molecular complexity index is 1010. The van der Waals surface area contributed by atoms with E-state index >= 15 is 0 Å². The summed E-state index contributed by atoms with van der Waals surface area (Å²) in [5.74, 6) is -1.70. The Hall–Kier alpha value is -2.34. The van der Waals surface area contributed by atoms with Crippen molar-refractivity contribution in [1.82, 2.24) is 20.5 Å². The number of sulfone groups is 1. The first-order valence-electron chi connectivity index (χ1n) is 8.06. The number of amides is 1. The van der Waals surface area contributed by atoms with Crippen molar-refractivity contribution in [3.63, 3.8) is 0 Å². The van der Waals surface area contributed by atoms with Crippen molar-refractivity contribution < 1.29 is 31.1 Å². The number of aryl methyl sites for hydroxylation is 1. The molecule has 0 aliphatic rings. The van der Waals surface area contributed by atoms with Crippen molar-refractivity contribution in [2.75, 3.05) is 18.6 Å². The summed E-state index contributed by atoms with van der Waals surface area (Å²) in [5.41, 5.74) is -0.833. The molecule has 2 N–H and O–H groups in total. The molecule has 1 atom stereocenters. The van der Waals surface area contributed by atoms with Crippen LogP contribution in [0, 0.1) is 6.92 Å². The van der Waals surface area contributed by atoms with Gasteiger partial charge in [0.05, 0.1) is 23.2 Å². The minimum absolute atomic E-state index is 0.215. The first kappa shape index (κ1) is 22.9. The van der Waals surface area contributed by atoms with E-state index in [9.17, 15) is 26.4 Å². The van der Waals surface area contributed by atoms with E-state index in [1.807, 2.05) is 0 Å². The number of carbonyl (C=O) groups excluding carboxylic acids is 1. The van der Waals surface area contributed by atoms with Crippen molar-refractivity contribution in [3.05, 3.63) is 40.4 Å². The van der Waals surface area contributed by atoms with Gasteiger partial charge in [-0.2, -0.15) is 18.3 Å². The Morgan fingerprint density at radius 1 is 1.34 bits per heavy atom. The van der Waals surface area contributed by atoms with Crippen LogP contribution in [0.1, 0.15) is 28.8 Å². The number of ether oxygens (including phenoxy) is 1. The molecule has 0 aliphatic heterocycles. The Morgan fingerprint density at radius 3 is 2.52 bits per heavy atom. The number of alkyl halides is 3. The number of pyridine rings is 1. The molecule has 1 unspecified atom stereocenters. The summed E-state index contributed by atoms with van der Waals surface area (Å²) in [6.45, 7) is 1.55. The fourth-order valence-corrected chi connectivity index (χ4v) is 3.96. The van der Waals surface area contributed by atoms with Gasteiger partial charge in [0.25, 0.3) is 5.91 Å². The van der Waals surface area contributed by atoms with Crippen molar-refractivity contribution in [3.8, 4) is 5.75 Å². The molecule has 0 aromatic carbocycles. The molecule has 0 fully saturated rings. The van der Waals surface area contributed by atoms with Gasteiger partial charge in [-0.3, -0.25) is 9.89 Å². The molecular formula is C16H18ClF3N4O4S. The molecule has 0 bridgehead atoms. The van der Waals surface area contributed by atoms with E-state index in [0.717, 1.165) is 18.5 Å². The van der Waals surface area contributed by atoms with Gasteiger partial charge in [0.2, 0.25) is 0 Å². The Balaban J connectivity index is 2.32. The van der Waals surface area contributed by atoms with Crippen LogP contribution in [0.5, 0.6) is 5.75 Å². The zero-order valence-corrected chi connectivity index (χ0v) is 17.2. The van der Waals surface area contributed by atoms with E-state index < -0.39 is 39.8 Å². The van der Waals surface area contributed by atoms with E-state index in [4.69, 9.17) is 11.6 Å². The Kier molecular flexibility index (Phi) is 6.48. The van der Waals surface area contributed by atoms with Gasteiger partial charge >= 0.3 is 6.18 Å². The molecule has 1 amide bonds. The van der Waals surface area contributed by atoms with Gasteiger partial charge in [-0.05, 0) is 19.9 Å². The van der Waals surface area contributed by atoms with E-state index in [2.05, 4.69) is 25.2 Å². The second-order valence-corrected chi connectivity index (χ2v) is 9.24. The van der Waals surface area contributed by atoms with E-state index in [0.29, 0.717) is 5.69 Å². The molecule has 0 saturated carbocycles. The average Bonchev–Trinajstić information content (AvgIpc) is 2.98. The molecule has 0 radical (unpaired) electrons. The first-order valence-corrected chi connectivity index (χ1v) is 10.5. The number of H-pyrrole nitrogens is 1. The number of hydrogen-bond donors (Lipinski definition) is 2. The molecule has 2 rings (SSSR count). The molecule has 8 nitrogen and oxygen atoms in total. The SMILES string of the molecule is Cc1cc(C(C)(CS(C)(=O)=O)NC(=O)c2cc(OCC(F)(F)F)c(Cl)cn2)n[nH]1. The predicted molar refractivity (Wildman–Crippen MR) is 98.7 cm³/mol. The lowest BCUT2D eigenvalue weighted by molar-refractivity contribution is -0.153. The topological polar surface area (TPSA) is 114 Å². The zero-order valence-electron chi connectivity index (χ0n) is 15.6. The molecule has 2 aromatic rings. The highest BCUT2D eigenvalue weighted by molar-refractivity contribution is 7.90. The number of nitrogens with one attached hydrogen (secondary N) is 2. The highest BCUT2D eigenvalue weighted by Gasteiger charge is 2.36. The largest absolute Gasteiger partial charge is 0.482 e. The lowest BCUT2D eigenvalue weighted by Gasteiger charge is -2.28. The smallest absolute Gasteiger partial charge is 0.422 e. The van der Waals surface area contributed by atoms with Crippen LogP contribution in [0.15, 0.2) is 18.3 Å². The van der Waals surface area contributed by atoms with Crippen molar-refractivity contribution in [2.24, 2.45) is 0 Å². The number of halogens is 4. The summed E-state index contributed by atoms with van der Waals surface area (Å²) in [6, 6.07) is 2.51. The van der Waals surface area contributed by atoms with Gasteiger partial charge < -0.3 is 10.1 Å². The van der Waals surface area contributed by atoms with Crippen LogP contribution in [-0.2, 0) is 15.4 Å².